The predicted octanol–water partition coefficient (Wildman–Crippen LogP) is 5.85. The molecule has 3 aromatic carbocycles. The summed E-state index contributed by atoms with van der Waals surface area (Å²) in [5.41, 5.74) is 4.63. The number of morpholine rings is 1. The maximum Gasteiger partial charge on any atom is 0.323 e. The lowest BCUT2D eigenvalue weighted by atomic mass is 9.98. The topological polar surface area (TPSA) is 110 Å². The zero-order valence-electron chi connectivity index (χ0n) is 21.1. The molecule has 0 atom stereocenters. The molecule has 9 nitrogen and oxygen atoms in total. The van der Waals surface area contributed by atoms with Crippen LogP contribution in [0.25, 0.3) is 21.9 Å². The van der Waals surface area contributed by atoms with E-state index in [1.165, 1.54) is 6.07 Å². The van der Waals surface area contributed by atoms with Gasteiger partial charge in [0.15, 0.2) is 0 Å². The van der Waals surface area contributed by atoms with Crippen molar-refractivity contribution in [1.29, 1.82) is 0 Å². The number of rotatable bonds is 7. The van der Waals surface area contributed by atoms with Crippen LogP contribution in [0.3, 0.4) is 0 Å². The number of hydrogen-bond donors (Lipinski definition) is 2. The number of nitro benzene ring substituents is 1. The smallest absolute Gasteiger partial charge is 0.323 e. The van der Waals surface area contributed by atoms with Gasteiger partial charge in [0.1, 0.15) is 0 Å². The summed E-state index contributed by atoms with van der Waals surface area (Å²) in [6, 6.07) is 20.1. The van der Waals surface area contributed by atoms with Crippen LogP contribution in [0.4, 0.5) is 21.9 Å². The Labute approximate surface area is 220 Å². The van der Waals surface area contributed by atoms with Crippen molar-refractivity contribution in [1.82, 2.24) is 9.88 Å². The van der Waals surface area contributed by atoms with E-state index in [1.807, 2.05) is 49.5 Å². The van der Waals surface area contributed by atoms with Gasteiger partial charge in [-0.3, -0.25) is 20.0 Å². The Morgan fingerprint density at radius 3 is 2.53 bits per heavy atom. The summed E-state index contributed by atoms with van der Waals surface area (Å²) in [5.74, 6) is 0. The summed E-state index contributed by atoms with van der Waals surface area (Å²) in [4.78, 5) is 30.8. The van der Waals surface area contributed by atoms with E-state index in [9.17, 15) is 14.9 Å². The number of carbonyl (C=O) groups excluding carboxylic acids is 1. The minimum Gasteiger partial charge on any atom is -0.379 e. The number of urea groups is 1. The monoisotopic (exact) mass is 511 g/mol. The van der Waals surface area contributed by atoms with Crippen LogP contribution < -0.4 is 10.6 Å². The number of nitro groups is 1. The number of aromatic nitrogens is 1. The van der Waals surface area contributed by atoms with E-state index in [0.29, 0.717) is 23.4 Å². The molecule has 38 heavy (non-hydrogen) atoms. The number of aryl methyl sites for hydroxylation is 1. The molecule has 2 N–H and O–H groups in total. The number of benzene rings is 3. The molecule has 0 saturated carbocycles. The SMILES string of the molecule is CCc1ccc(NC(=O)Nc2ccc(-c3ccc(CN4CCOCC4)nc3)c3ccccc23)cc1[N+](=O)[O-]. The van der Waals surface area contributed by atoms with Crippen LogP contribution in [0.5, 0.6) is 0 Å². The van der Waals surface area contributed by atoms with Gasteiger partial charge in [0.2, 0.25) is 0 Å². The van der Waals surface area contributed by atoms with E-state index in [2.05, 4.69) is 27.7 Å². The van der Waals surface area contributed by atoms with Crippen molar-refractivity contribution in [2.24, 2.45) is 0 Å². The van der Waals surface area contributed by atoms with E-state index in [1.54, 1.807) is 12.1 Å². The summed E-state index contributed by atoms with van der Waals surface area (Å²) >= 11 is 0. The van der Waals surface area contributed by atoms with Crippen LogP contribution in [0.1, 0.15) is 18.2 Å². The standard InChI is InChI=1S/C29H29N5O4/c1-2-20-7-9-22(17-28(20)34(36)37)31-29(35)32-27-12-11-24(25-5-3-4-6-26(25)27)21-8-10-23(30-18-21)19-33-13-15-38-16-14-33/h3-12,17-18H,2,13-16,19H2,1H3,(H2,31,32,35). The van der Waals surface area contributed by atoms with Crippen molar-refractivity contribution in [3.8, 4) is 11.1 Å². The summed E-state index contributed by atoms with van der Waals surface area (Å²) in [7, 11) is 0. The number of ether oxygens (including phenoxy) is 1. The molecule has 5 rings (SSSR count). The predicted molar refractivity (Wildman–Crippen MR) is 148 cm³/mol. The molecule has 1 saturated heterocycles. The number of carbonyl (C=O) groups is 1. The molecular weight excluding hydrogens is 482 g/mol. The number of fused-ring (bicyclic) bond motifs is 1. The highest BCUT2D eigenvalue weighted by Gasteiger charge is 2.16. The molecule has 0 spiro atoms. The van der Waals surface area contributed by atoms with Gasteiger partial charge < -0.3 is 15.4 Å². The first-order chi connectivity index (χ1) is 18.5. The summed E-state index contributed by atoms with van der Waals surface area (Å²) < 4.78 is 5.42. The van der Waals surface area contributed by atoms with Crippen LogP contribution >= 0.6 is 0 Å². The van der Waals surface area contributed by atoms with Crippen LogP contribution in [0.2, 0.25) is 0 Å². The zero-order chi connectivity index (χ0) is 26.5. The van der Waals surface area contributed by atoms with E-state index in [4.69, 9.17) is 9.72 Å². The molecule has 194 valence electrons. The Balaban J connectivity index is 1.34. The molecule has 0 unspecified atom stereocenters. The van der Waals surface area contributed by atoms with Crippen molar-refractivity contribution >= 4 is 33.9 Å². The average Bonchev–Trinajstić information content (AvgIpc) is 2.94. The highest BCUT2D eigenvalue weighted by molar-refractivity contribution is 6.09. The Morgan fingerprint density at radius 1 is 1.03 bits per heavy atom. The highest BCUT2D eigenvalue weighted by Crippen LogP contribution is 2.33. The van der Waals surface area contributed by atoms with Gasteiger partial charge in [0.25, 0.3) is 5.69 Å². The summed E-state index contributed by atoms with van der Waals surface area (Å²) in [6.45, 7) is 5.99. The molecule has 1 aliphatic rings. The van der Waals surface area contributed by atoms with Crippen molar-refractivity contribution in [2.45, 2.75) is 19.9 Å². The van der Waals surface area contributed by atoms with E-state index in [-0.39, 0.29) is 5.69 Å². The van der Waals surface area contributed by atoms with Crippen molar-refractivity contribution in [2.75, 3.05) is 36.9 Å². The Bertz CT molecular complexity index is 1470. The molecule has 0 aliphatic carbocycles. The molecule has 1 aliphatic heterocycles. The van der Waals surface area contributed by atoms with Gasteiger partial charge >= 0.3 is 6.03 Å². The fourth-order valence-corrected chi connectivity index (χ4v) is 4.72. The normalized spacial score (nSPS) is 13.8. The molecule has 2 heterocycles. The van der Waals surface area contributed by atoms with E-state index >= 15 is 0 Å². The first-order valence-corrected chi connectivity index (χ1v) is 12.6. The molecule has 0 bridgehead atoms. The lowest BCUT2D eigenvalue weighted by Gasteiger charge is -2.26. The van der Waals surface area contributed by atoms with Gasteiger partial charge in [-0.05, 0) is 35.6 Å². The third kappa shape index (κ3) is 5.64. The molecule has 4 aromatic rings. The lowest BCUT2D eigenvalue weighted by molar-refractivity contribution is -0.385. The zero-order valence-corrected chi connectivity index (χ0v) is 21.1. The Kier molecular flexibility index (Phi) is 7.57. The third-order valence-electron chi connectivity index (χ3n) is 6.72. The van der Waals surface area contributed by atoms with Gasteiger partial charge in [0, 0.05) is 54.1 Å². The minimum atomic E-state index is -0.476. The van der Waals surface area contributed by atoms with Gasteiger partial charge in [-0.1, -0.05) is 49.4 Å². The molecule has 0 radical (unpaired) electrons. The van der Waals surface area contributed by atoms with Gasteiger partial charge in [-0.2, -0.15) is 0 Å². The minimum absolute atomic E-state index is 0.00956. The largest absolute Gasteiger partial charge is 0.379 e. The average molecular weight is 512 g/mol. The fourth-order valence-electron chi connectivity index (χ4n) is 4.72. The number of hydrogen-bond acceptors (Lipinski definition) is 6. The summed E-state index contributed by atoms with van der Waals surface area (Å²) in [5, 5.41) is 18.8. The maximum atomic E-state index is 12.8. The van der Waals surface area contributed by atoms with Gasteiger partial charge in [-0.25, -0.2) is 4.79 Å². The van der Waals surface area contributed by atoms with Crippen LogP contribution in [-0.4, -0.2) is 47.1 Å². The second-order valence-electron chi connectivity index (χ2n) is 9.17. The Hall–Kier alpha value is -4.34. The first-order valence-electron chi connectivity index (χ1n) is 12.6. The van der Waals surface area contributed by atoms with E-state index in [0.717, 1.165) is 60.4 Å². The number of anilines is 2. The highest BCUT2D eigenvalue weighted by atomic mass is 16.6. The second-order valence-corrected chi connectivity index (χ2v) is 9.17. The molecular formula is C29H29N5O4. The van der Waals surface area contributed by atoms with Crippen LogP contribution in [0, 0.1) is 10.1 Å². The van der Waals surface area contributed by atoms with Crippen LogP contribution in [-0.2, 0) is 17.7 Å². The third-order valence-corrected chi connectivity index (χ3v) is 6.72. The van der Waals surface area contributed by atoms with Gasteiger partial charge in [-0.15, -0.1) is 0 Å². The fraction of sp³-hybridized carbons (Fsp3) is 0.241. The van der Waals surface area contributed by atoms with Gasteiger partial charge in [0.05, 0.1) is 29.5 Å². The second kappa shape index (κ2) is 11.4. The van der Waals surface area contributed by atoms with Crippen molar-refractivity contribution < 1.29 is 14.5 Å². The first kappa shape index (κ1) is 25.3. The number of nitrogens with one attached hydrogen (secondary N) is 2. The number of pyridine rings is 1. The summed E-state index contributed by atoms with van der Waals surface area (Å²) in [6.07, 6.45) is 2.43. The van der Waals surface area contributed by atoms with Crippen molar-refractivity contribution in [3.63, 3.8) is 0 Å². The quantitative estimate of drug-likeness (QED) is 0.238. The lowest BCUT2D eigenvalue weighted by Crippen LogP contribution is -2.35. The number of amides is 2. The number of nitrogens with zero attached hydrogens (tertiary/aromatic N) is 3. The molecule has 1 aromatic heterocycles. The van der Waals surface area contributed by atoms with Crippen LogP contribution in [0.15, 0.2) is 72.9 Å². The van der Waals surface area contributed by atoms with Crippen molar-refractivity contribution in [3.05, 3.63) is 94.3 Å². The Morgan fingerprint density at radius 2 is 1.82 bits per heavy atom. The molecule has 1 fully saturated rings. The maximum absolute atomic E-state index is 12.8. The van der Waals surface area contributed by atoms with E-state index < -0.39 is 11.0 Å². The molecule has 2 amide bonds. The molecule has 9 heteroatoms.